The molecule has 1 atom stereocenters. The van der Waals surface area contributed by atoms with Crippen molar-refractivity contribution in [2.24, 2.45) is 0 Å². The summed E-state index contributed by atoms with van der Waals surface area (Å²) < 4.78 is 0. The smallest absolute Gasteiger partial charge is 0.128 e. The standard InChI is InChI=1S/C19H27N5/c1-15(2)23(3)18-8-7-16(13-22-18)12-21-17-9-11-24(14-17)19-6-4-5-10-20-19/h4-8,10,13,15,17,21H,9,11-12,14H2,1-3H3/t17-/m0/s1. The summed E-state index contributed by atoms with van der Waals surface area (Å²) in [6.07, 6.45) is 4.99. The van der Waals surface area contributed by atoms with Gasteiger partial charge in [0.15, 0.2) is 0 Å². The van der Waals surface area contributed by atoms with Crippen LogP contribution in [0.2, 0.25) is 0 Å². The van der Waals surface area contributed by atoms with Crippen molar-refractivity contribution in [3.8, 4) is 0 Å². The van der Waals surface area contributed by atoms with Crippen LogP contribution >= 0.6 is 0 Å². The summed E-state index contributed by atoms with van der Waals surface area (Å²) in [6, 6.07) is 11.3. The summed E-state index contributed by atoms with van der Waals surface area (Å²) in [7, 11) is 2.08. The molecule has 0 amide bonds. The van der Waals surface area contributed by atoms with Gasteiger partial charge in [-0.1, -0.05) is 12.1 Å². The summed E-state index contributed by atoms with van der Waals surface area (Å²) in [5, 5.41) is 3.65. The van der Waals surface area contributed by atoms with Gasteiger partial charge in [-0.2, -0.15) is 0 Å². The van der Waals surface area contributed by atoms with Crippen LogP contribution in [0.3, 0.4) is 0 Å². The van der Waals surface area contributed by atoms with E-state index in [-0.39, 0.29) is 0 Å². The summed E-state index contributed by atoms with van der Waals surface area (Å²) in [4.78, 5) is 13.5. The molecule has 1 N–H and O–H groups in total. The lowest BCUT2D eigenvalue weighted by molar-refractivity contribution is 0.550. The molecule has 5 heteroatoms. The molecule has 1 fully saturated rings. The first kappa shape index (κ1) is 16.7. The van der Waals surface area contributed by atoms with Gasteiger partial charge in [-0.25, -0.2) is 9.97 Å². The molecule has 2 aromatic heterocycles. The number of nitrogens with one attached hydrogen (secondary N) is 1. The molecule has 5 nitrogen and oxygen atoms in total. The molecule has 0 spiro atoms. The molecule has 0 aliphatic carbocycles. The lowest BCUT2D eigenvalue weighted by atomic mass is 10.2. The lowest BCUT2D eigenvalue weighted by Gasteiger charge is -2.22. The highest BCUT2D eigenvalue weighted by Gasteiger charge is 2.22. The number of aromatic nitrogens is 2. The van der Waals surface area contributed by atoms with Crippen LogP contribution in [0.5, 0.6) is 0 Å². The van der Waals surface area contributed by atoms with Crippen LogP contribution in [0.4, 0.5) is 11.6 Å². The Labute approximate surface area is 144 Å². The Morgan fingerprint density at radius 1 is 1.25 bits per heavy atom. The highest BCUT2D eigenvalue weighted by molar-refractivity contribution is 5.40. The Kier molecular flexibility index (Phi) is 5.30. The van der Waals surface area contributed by atoms with Crippen molar-refractivity contribution in [2.75, 3.05) is 29.9 Å². The Balaban J connectivity index is 1.50. The quantitative estimate of drug-likeness (QED) is 0.885. The molecule has 24 heavy (non-hydrogen) atoms. The summed E-state index contributed by atoms with van der Waals surface area (Å²) in [5.74, 6) is 2.10. The second kappa shape index (κ2) is 7.62. The van der Waals surface area contributed by atoms with Crippen molar-refractivity contribution in [1.82, 2.24) is 15.3 Å². The number of rotatable bonds is 6. The third-order valence-electron chi connectivity index (χ3n) is 4.70. The average Bonchev–Trinajstić information content (AvgIpc) is 3.09. The van der Waals surface area contributed by atoms with Crippen molar-refractivity contribution in [2.45, 2.75) is 38.9 Å². The maximum Gasteiger partial charge on any atom is 0.128 e. The summed E-state index contributed by atoms with van der Waals surface area (Å²) in [6.45, 7) is 7.28. The van der Waals surface area contributed by atoms with E-state index in [1.54, 1.807) is 0 Å². The second-order valence-electron chi connectivity index (χ2n) is 6.73. The van der Waals surface area contributed by atoms with E-state index in [2.05, 4.69) is 64.2 Å². The minimum absolute atomic E-state index is 0.456. The van der Waals surface area contributed by atoms with Crippen LogP contribution in [0.15, 0.2) is 42.7 Å². The van der Waals surface area contributed by atoms with Gasteiger partial charge >= 0.3 is 0 Å². The highest BCUT2D eigenvalue weighted by Crippen LogP contribution is 2.18. The molecule has 1 saturated heterocycles. The zero-order chi connectivity index (χ0) is 16.9. The molecule has 0 aromatic carbocycles. The van der Waals surface area contributed by atoms with Gasteiger partial charge in [0.05, 0.1) is 0 Å². The maximum atomic E-state index is 4.57. The average molecular weight is 325 g/mol. The normalized spacial score (nSPS) is 17.5. The number of pyridine rings is 2. The molecule has 3 rings (SSSR count). The Morgan fingerprint density at radius 3 is 2.79 bits per heavy atom. The first-order chi connectivity index (χ1) is 11.6. The summed E-state index contributed by atoms with van der Waals surface area (Å²) in [5.41, 5.74) is 1.23. The van der Waals surface area contributed by atoms with Crippen molar-refractivity contribution in [1.29, 1.82) is 0 Å². The van der Waals surface area contributed by atoms with Crippen LogP contribution in [0.25, 0.3) is 0 Å². The van der Waals surface area contributed by atoms with Gasteiger partial charge in [0.2, 0.25) is 0 Å². The van der Waals surface area contributed by atoms with Gasteiger partial charge in [0.25, 0.3) is 0 Å². The molecule has 2 aromatic rings. The zero-order valence-corrected chi connectivity index (χ0v) is 14.8. The van der Waals surface area contributed by atoms with Gasteiger partial charge < -0.3 is 15.1 Å². The first-order valence-corrected chi connectivity index (χ1v) is 8.70. The van der Waals surface area contributed by atoms with E-state index in [1.165, 1.54) is 5.56 Å². The van der Waals surface area contributed by atoms with Crippen molar-refractivity contribution < 1.29 is 0 Å². The fourth-order valence-corrected chi connectivity index (χ4v) is 2.93. The summed E-state index contributed by atoms with van der Waals surface area (Å²) >= 11 is 0. The predicted molar refractivity (Wildman–Crippen MR) is 99.5 cm³/mol. The molecular formula is C19H27N5. The molecule has 3 heterocycles. The first-order valence-electron chi connectivity index (χ1n) is 8.70. The molecule has 1 aliphatic heterocycles. The van der Waals surface area contributed by atoms with E-state index in [1.807, 2.05) is 24.5 Å². The number of hydrogen-bond acceptors (Lipinski definition) is 5. The number of nitrogens with zero attached hydrogens (tertiary/aromatic N) is 4. The second-order valence-corrected chi connectivity index (χ2v) is 6.73. The lowest BCUT2D eigenvalue weighted by Crippen LogP contribution is -2.32. The van der Waals surface area contributed by atoms with E-state index in [0.29, 0.717) is 12.1 Å². The highest BCUT2D eigenvalue weighted by atomic mass is 15.2. The minimum Gasteiger partial charge on any atom is -0.357 e. The molecule has 0 radical (unpaired) electrons. The van der Waals surface area contributed by atoms with Crippen LogP contribution in [-0.4, -0.2) is 42.2 Å². The maximum absolute atomic E-state index is 4.57. The van der Waals surface area contributed by atoms with Gasteiger partial charge in [-0.05, 0) is 44.0 Å². The molecule has 0 bridgehead atoms. The van der Waals surface area contributed by atoms with Crippen LogP contribution in [-0.2, 0) is 6.54 Å². The molecule has 128 valence electrons. The van der Waals surface area contributed by atoms with E-state index in [9.17, 15) is 0 Å². The minimum atomic E-state index is 0.456. The van der Waals surface area contributed by atoms with Crippen molar-refractivity contribution >= 4 is 11.6 Å². The van der Waals surface area contributed by atoms with E-state index < -0.39 is 0 Å². The van der Waals surface area contributed by atoms with Gasteiger partial charge in [-0.3, -0.25) is 0 Å². The number of hydrogen-bond donors (Lipinski definition) is 1. The van der Waals surface area contributed by atoms with Crippen molar-refractivity contribution in [3.05, 3.63) is 48.3 Å². The molecule has 0 unspecified atom stereocenters. The van der Waals surface area contributed by atoms with Gasteiger partial charge in [0.1, 0.15) is 11.6 Å². The molecule has 0 saturated carbocycles. The molecule has 1 aliphatic rings. The largest absolute Gasteiger partial charge is 0.357 e. The monoisotopic (exact) mass is 325 g/mol. The number of anilines is 2. The van der Waals surface area contributed by atoms with Crippen LogP contribution < -0.4 is 15.1 Å². The third-order valence-corrected chi connectivity index (χ3v) is 4.70. The van der Waals surface area contributed by atoms with Gasteiger partial charge in [0, 0.05) is 51.2 Å². The molecular weight excluding hydrogens is 298 g/mol. The SMILES string of the molecule is CC(C)N(C)c1ccc(CN[C@H]2CCN(c3ccccn3)C2)cn1. The fraction of sp³-hybridized carbons (Fsp3) is 0.474. The predicted octanol–water partition coefficient (Wildman–Crippen LogP) is 2.69. The Morgan fingerprint density at radius 2 is 2.12 bits per heavy atom. The zero-order valence-electron chi connectivity index (χ0n) is 14.8. The van der Waals surface area contributed by atoms with E-state index in [4.69, 9.17) is 0 Å². The third kappa shape index (κ3) is 4.03. The Hall–Kier alpha value is -2.14. The fourth-order valence-electron chi connectivity index (χ4n) is 2.93. The van der Waals surface area contributed by atoms with E-state index in [0.717, 1.165) is 37.7 Å². The topological polar surface area (TPSA) is 44.3 Å². The Bertz CT molecular complexity index is 626. The van der Waals surface area contributed by atoms with Crippen LogP contribution in [0.1, 0.15) is 25.8 Å². The van der Waals surface area contributed by atoms with Crippen molar-refractivity contribution in [3.63, 3.8) is 0 Å². The van der Waals surface area contributed by atoms with Gasteiger partial charge in [-0.15, -0.1) is 0 Å². The van der Waals surface area contributed by atoms with Crippen LogP contribution in [0, 0.1) is 0 Å². The van der Waals surface area contributed by atoms with E-state index >= 15 is 0 Å².